The minimum Gasteiger partial charge on any atom is -0.493 e. The van der Waals surface area contributed by atoms with Crippen molar-refractivity contribution in [2.24, 2.45) is 5.16 Å². The molecule has 1 aromatic rings. The van der Waals surface area contributed by atoms with Crippen molar-refractivity contribution in [2.75, 3.05) is 33.4 Å². The lowest BCUT2D eigenvalue weighted by Crippen LogP contribution is -2.33. The Morgan fingerprint density at radius 1 is 1.25 bits per heavy atom. The molecule has 1 fully saturated rings. The molecule has 110 valence electrons. The highest BCUT2D eigenvalue weighted by Gasteiger charge is 2.10. The monoisotopic (exact) mass is 278 g/mol. The Morgan fingerprint density at radius 3 is 2.75 bits per heavy atom. The van der Waals surface area contributed by atoms with E-state index in [2.05, 4.69) is 10.1 Å². The van der Waals surface area contributed by atoms with E-state index >= 15 is 0 Å². The van der Waals surface area contributed by atoms with Crippen molar-refractivity contribution < 1.29 is 14.7 Å². The van der Waals surface area contributed by atoms with Crippen LogP contribution in [0.3, 0.4) is 0 Å². The summed E-state index contributed by atoms with van der Waals surface area (Å²) < 4.78 is 11.1. The number of oxime groups is 1. The van der Waals surface area contributed by atoms with E-state index in [-0.39, 0.29) is 0 Å². The molecule has 1 heterocycles. The number of rotatable bonds is 6. The van der Waals surface area contributed by atoms with Gasteiger partial charge >= 0.3 is 0 Å². The number of ether oxygens (including phenoxy) is 2. The molecule has 0 saturated carbocycles. The zero-order valence-electron chi connectivity index (χ0n) is 11.9. The number of hydrogen-bond donors (Lipinski definition) is 1. The lowest BCUT2D eigenvalue weighted by atomic mass is 10.1. The van der Waals surface area contributed by atoms with Gasteiger partial charge in [0.25, 0.3) is 0 Å². The van der Waals surface area contributed by atoms with Crippen LogP contribution >= 0.6 is 0 Å². The second-order valence-electron chi connectivity index (χ2n) is 4.91. The maximum atomic E-state index is 8.57. The highest BCUT2D eigenvalue weighted by Crippen LogP contribution is 2.27. The van der Waals surface area contributed by atoms with Crippen LogP contribution in [0.2, 0.25) is 0 Å². The molecule has 0 aliphatic carbocycles. The van der Waals surface area contributed by atoms with Gasteiger partial charge in [0.2, 0.25) is 0 Å². The van der Waals surface area contributed by atoms with Crippen LogP contribution in [0, 0.1) is 0 Å². The smallest absolute Gasteiger partial charge is 0.161 e. The molecule has 20 heavy (non-hydrogen) atoms. The number of piperidine rings is 1. The van der Waals surface area contributed by atoms with Gasteiger partial charge in [-0.05, 0) is 44.1 Å². The SMILES string of the molecule is COc1ccc(C=NO)cc1OCCN1CCCCC1. The van der Waals surface area contributed by atoms with Gasteiger partial charge in [-0.1, -0.05) is 11.6 Å². The molecule has 0 spiro atoms. The van der Waals surface area contributed by atoms with Crippen molar-refractivity contribution in [2.45, 2.75) is 19.3 Å². The Labute approximate surface area is 119 Å². The van der Waals surface area contributed by atoms with Crippen LogP contribution in [-0.4, -0.2) is 49.7 Å². The summed E-state index contributed by atoms with van der Waals surface area (Å²) in [6.45, 7) is 3.90. The Balaban J connectivity index is 1.91. The molecule has 1 aliphatic heterocycles. The van der Waals surface area contributed by atoms with Crippen LogP contribution < -0.4 is 9.47 Å². The van der Waals surface area contributed by atoms with Crippen molar-refractivity contribution in [1.29, 1.82) is 0 Å². The first-order valence-electron chi connectivity index (χ1n) is 7.04. The average molecular weight is 278 g/mol. The third-order valence-electron chi connectivity index (χ3n) is 3.51. The number of methoxy groups -OCH3 is 1. The van der Waals surface area contributed by atoms with Crippen LogP contribution in [-0.2, 0) is 0 Å². The predicted octanol–water partition coefficient (Wildman–Crippen LogP) is 2.37. The number of likely N-dealkylation sites (tertiary alicyclic amines) is 1. The average Bonchev–Trinajstić information content (AvgIpc) is 2.49. The summed E-state index contributed by atoms with van der Waals surface area (Å²) >= 11 is 0. The standard InChI is InChI=1S/C15H22N2O3/c1-19-14-6-5-13(12-16-18)11-15(14)20-10-9-17-7-3-2-4-8-17/h5-6,11-12,18H,2-4,7-10H2,1H3. The molecule has 5 heteroatoms. The summed E-state index contributed by atoms with van der Waals surface area (Å²) in [6, 6.07) is 5.44. The molecule has 1 saturated heterocycles. The summed E-state index contributed by atoms with van der Waals surface area (Å²) in [7, 11) is 1.62. The summed E-state index contributed by atoms with van der Waals surface area (Å²) in [4.78, 5) is 2.43. The van der Waals surface area contributed by atoms with Gasteiger partial charge in [-0.3, -0.25) is 4.90 Å². The Kier molecular flexibility index (Phi) is 5.68. The highest BCUT2D eigenvalue weighted by molar-refractivity contribution is 5.80. The minimum absolute atomic E-state index is 0.635. The van der Waals surface area contributed by atoms with Crippen LogP contribution in [0.1, 0.15) is 24.8 Å². The molecule has 1 aromatic carbocycles. The van der Waals surface area contributed by atoms with E-state index in [1.807, 2.05) is 18.2 Å². The minimum atomic E-state index is 0.635. The van der Waals surface area contributed by atoms with Gasteiger partial charge in [0.1, 0.15) is 6.61 Å². The van der Waals surface area contributed by atoms with E-state index in [4.69, 9.17) is 14.7 Å². The fraction of sp³-hybridized carbons (Fsp3) is 0.533. The zero-order chi connectivity index (χ0) is 14.2. The molecular formula is C15H22N2O3. The van der Waals surface area contributed by atoms with Gasteiger partial charge in [-0.15, -0.1) is 0 Å². The molecule has 0 aromatic heterocycles. The molecule has 1 aliphatic rings. The van der Waals surface area contributed by atoms with Crippen molar-refractivity contribution in [1.82, 2.24) is 4.90 Å². The molecular weight excluding hydrogens is 256 g/mol. The second-order valence-corrected chi connectivity index (χ2v) is 4.91. The van der Waals surface area contributed by atoms with Gasteiger partial charge < -0.3 is 14.7 Å². The predicted molar refractivity (Wildman–Crippen MR) is 78.2 cm³/mol. The highest BCUT2D eigenvalue weighted by atomic mass is 16.5. The van der Waals surface area contributed by atoms with Crippen LogP contribution in [0.4, 0.5) is 0 Å². The molecule has 2 rings (SSSR count). The van der Waals surface area contributed by atoms with E-state index in [0.29, 0.717) is 18.1 Å². The lowest BCUT2D eigenvalue weighted by molar-refractivity contribution is 0.180. The first kappa shape index (κ1) is 14.7. The van der Waals surface area contributed by atoms with Crippen LogP contribution in [0.15, 0.2) is 23.4 Å². The van der Waals surface area contributed by atoms with Crippen molar-refractivity contribution in [3.63, 3.8) is 0 Å². The fourth-order valence-corrected chi connectivity index (χ4v) is 2.42. The zero-order valence-corrected chi connectivity index (χ0v) is 11.9. The van der Waals surface area contributed by atoms with Gasteiger partial charge in [-0.25, -0.2) is 0 Å². The van der Waals surface area contributed by atoms with Crippen molar-refractivity contribution >= 4 is 6.21 Å². The van der Waals surface area contributed by atoms with Gasteiger partial charge in [-0.2, -0.15) is 0 Å². The van der Waals surface area contributed by atoms with E-state index in [0.717, 1.165) is 25.2 Å². The van der Waals surface area contributed by atoms with Gasteiger partial charge in [0.05, 0.1) is 13.3 Å². The Hall–Kier alpha value is -1.75. The third-order valence-corrected chi connectivity index (χ3v) is 3.51. The van der Waals surface area contributed by atoms with E-state index in [9.17, 15) is 0 Å². The summed E-state index contributed by atoms with van der Waals surface area (Å²) in [5, 5.41) is 11.6. The molecule has 0 amide bonds. The maximum absolute atomic E-state index is 8.57. The van der Waals surface area contributed by atoms with Gasteiger partial charge in [0, 0.05) is 12.1 Å². The molecule has 0 radical (unpaired) electrons. The first-order valence-corrected chi connectivity index (χ1v) is 7.04. The van der Waals surface area contributed by atoms with Crippen molar-refractivity contribution in [3.05, 3.63) is 23.8 Å². The molecule has 0 bridgehead atoms. The van der Waals surface area contributed by atoms with Gasteiger partial charge in [0.15, 0.2) is 11.5 Å². The third kappa shape index (κ3) is 4.13. The van der Waals surface area contributed by atoms with E-state index < -0.39 is 0 Å². The molecule has 0 unspecified atom stereocenters. The Morgan fingerprint density at radius 2 is 2.05 bits per heavy atom. The number of hydrogen-bond acceptors (Lipinski definition) is 5. The van der Waals surface area contributed by atoms with Crippen LogP contribution in [0.5, 0.6) is 11.5 Å². The number of nitrogens with zero attached hydrogens (tertiary/aromatic N) is 2. The quantitative estimate of drug-likeness (QED) is 0.493. The maximum Gasteiger partial charge on any atom is 0.161 e. The molecule has 0 atom stereocenters. The summed E-state index contributed by atoms with van der Waals surface area (Å²) in [5.41, 5.74) is 0.779. The topological polar surface area (TPSA) is 54.3 Å². The summed E-state index contributed by atoms with van der Waals surface area (Å²) in [6.07, 6.45) is 5.28. The van der Waals surface area contributed by atoms with Crippen molar-refractivity contribution in [3.8, 4) is 11.5 Å². The normalized spacial score (nSPS) is 16.4. The lowest BCUT2D eigenvalue weighted by Gasteiger charge is -2.26. The second kappa shape index (κ2) is 7.75. The van der Waals surface area contributed by atoms with E-state index in [1.54, 1.807) is 7.11 Å². The Bertz CT molecular complexity index is 443. The number of benzene rings is 1. The largest absolute Gasteiger partial charge is 0.493 e. The summed E-state index contributed by atoms with van der Waals surface area (Å²) in [5.74, 6) is 1.38. The molecule has 1 N–H and O–H groups in total. The first-order chi connectivity index (χ1) is 9.83. The van der Waals surface area contributed by atoms with Crippen LogP contribution in [0.25, 0.3) is 0 Å². The van der Waals surface area contributed by atoms with E-state index in [1.165, 1.54) is 25.5 Å². The molecule has 5 nitrogen and oxygen atoms in total. The fourth-order valence-electron chi connectivity index (χ4n) is 2.42.